The summed E-state index contributed by atoms with van der Waals surface area (Å²) < 4.78 is 20.3. The van der Waals surface area contributed by atoms with Crippen molar-refractivity contribution < 1.29 is 28.5 Å². The van der Waals surface area contributed by atoms with Crippen molar-refractivity contribution in [2.45, 2.75) is 39.5 Å². The van der Waals surface area contributed by atoms with Gasteiger partial charge in [-0.15, -0.1) is 0 Å². The van der Waals surface area contributed by atoms with Gasteiger partial charge in [-0.25, -0.2) is 9.59 Å². The molecule has 0 aliphatic heterocycles. The van der Waals surface area contributed by atoms with Crippen LogP contribution < -0.4 is 10.6 Å². The van der Waals surface area contributed by atoms with Gasteiger partial charge in [0.25, 0.3) is 0 Å². The molecule has 0 bridgehead atoms. The number of unbranched alkanes of at least 4 members (excludes halogenated alkanes) is 2. The molecule has 0 spiro atoms. The molecule has 0 fully saturated rings. The normalized spacial score (nSPS) is 9.36. The van der Waals surface area contributed by atoms with E-state index in [0.29, 0.717) is 39.5 Å². The van der Waals surface area contributed by atoms with Crippen LogP contribution in [-0.2, 0) is 18.9 Å². The number of carbonyl (C=O) groups is 2. The fourth-order valence-electron chi connectivity index (χ4n) is 1.58. The monoisotopic (exact) mass is 396 g/mol. The maximum absolute atomic E-state index is 11.2. The van der Waals surface area contributed by atoms with E-state index in [0.717, 1.165) is 25.7 Å². The molecule has 28 heavy (non-hydrogen) atoms. The fourth-order valence-corrected chi connectivity index (χ4v) is 1.58. The molecule has 0 aromatic heterocycles. The summed E-state index contributed by atoms with van der Waals surface area (Å²) in [7, 11) is 0. The standard InChI is InChI=1S/C20H32N2O6/c1-3-5-15-27-19(23)21-11-17-25-13-9-7-8-10-14-26-18-12-22-20(24)28-16-6-4-2/h3-6,11-18H2,1-2H3,(H,21,23)(H,22,24). The number of nitrogens with one attached hydrogen (secondary N) is 2. The highest BCUT2D eigenvalue weighted by Crippen LogP contribution is 1.88. The van der Waals surface area contributed by atoms with E-state index in [4.69, 9.17) is 18.9 Å². The molecule has 0 saturated carbocycles. The summed E-state index contributed by atoms with van der Waals surface area (Å²) >= 11 is 0. The lowest BCUT2D eigenvalue weighted by Crippen LogP contribution is -2.28. The molecule has 0 atom stereocenters. The number of rotatable bonds is 14. The summed E-state index contributed by atoms with van der Waals surface area (Å²) in [5, 5.41) is 5.17. The SMILES string of the molecule is CCCCOC(=O)NCCOCC#CC#CCOCCNC(=O)OCCCC. The minimum atomic E-state index is -0.433. The van der Waals surface area contributed by atoms with Gasteiger partial charge in [-0.3, -0.25) is 0 Å². The van der Waals surface area contributed by atoms with Crippen LogP contribution >= 0.6 is 0 Å². The zero-order valence-corrected chi connectivity index (χ0v) is 16.9. The first kappa shape index (κ1) is 25.6. The number of hydrogen-bond donors (Lipinski definition) is 2. The summed E-state index contributed by atoms with van der Waals surface area (Å²) in [5.41, 5.74) is 0. The molecule has 0 aliphatic carbocycles. The average molecular weight is 396 g/mol. The van der Waals surface area contributed by atoms with Crippen LogP contribution in [0.1, 0.15) is 39.5 Å². The Hall–Kier alpha value is -2.42. The molecule has 2 amide bonds. The van der Waals surface area contributed by atoms with Crippen LogP contribution in [0.3, 0.4) is 0 Å². The molecule has 0 aromatic carbocycles. The highest BCUT2D eigenvalue weighted by molar-refractivity contribution is 5.67. The minimum Gasteiger partial charge on any atom is -0.450 e. The molecular formula is C20H32N2O6. The highest BCUT2D eigenvalue weighted by atomic mass is 16.6. The van der Waals surface area contributed by atoms with Gasteiger partial charge in [0.2, 0.25) is 0 Å². The van der Waals surface area contributed by atoms with Gasteiger partial charge < -0.3 is 29.6 Å². The average Bonchev–Trinajstić information content (AvgIpc) is 2.68. The summed E-state index contributed by atoms with van der Waals surface area (Å²) in [6.07, 6.45) is 2.82. The summed E-state index contributed by atoms with van der Waals surface area (Å²) in [5.74, 6) is 10.8. The molecular weight excluding hydrogens is 364 g/mol. The van der Waals surface area contributed by atoms with Crippen molar-refractivity contribution in [2.75, 3.05) is 52.7 Å². The van der Waals surface area contributed by atoms with Crippen molar-refractivity contribution in [1.82, 2.24) is 10.6 Å². The summed E-state index contributed by atoms with van der Waals surface area (Å²) in [6.45, 7) is 6.81. The highest BCUT2D eigenvalue weighted by Gasteiger charge is 2.00. The largest absolute Gasteiger partial charge is 0.450 e. The van der Waals surface area contributed by atoms with Gasteiger partial charge in [0.15, 0.2) is 0 Å². The molecule has 0 saturated heterocycles. The van der Waals surface area contributed by atoms with Crippen LogP contribution in [0.4, 0.5) is 9.59 Å². The van der Waals surface area contributed by atoms with E-state index in [-0.39, 0.29) is 13.2 Å². The van der Waals surface area contributed by atoms with Gasteiger partial charge in [0.1, 0.15) is 13.2 Å². The van der Waals surface area contributed by atoms with Crippen molar-refractivity contribution in [2.24, 2.45) is 0 Å². The first-order chi connectivity index (χ1) is 13.7. The molecule has 0 radical (unpaired) electrons. The minimum absolute atomic E-state index is 0.228. The Kier molecular flexibility index (Phi) is 19.1. The third-order valence-corrected chi connectivity index (χ3v) is 3.08. The van der Waals surface area contributed by atoms with Crippen molar-refractivity contribution >= 4 is 12.2 Å². The van der Waals surface area contributed by atoms with Crippen molar-refractivity contribution in [3.63, 3.8) is 0 Å². The van der Waals surface area contributed by atoms with Crippen LogP contribution in [0.15, 0.2) is 0 Å². The summed E-state index contributed by atoms with van der Waals surface area (Å²) in [6, 6.07) is 0. The van der Waals surface area contributed by atoms with Crippen LogP contribution in [0, 0.1) is 23.7 Å². The van der Waals surface area contributed by atoms with Gasteiger partial charge in [-0.1, -0.05) is 38.5 Å². The number of ether oxygens (including phenoxy) is 4. The smallest absolute Gasteiger partial charge is 0.407 e. The fraction of sp³-hybridized carbons (Fsp3) is 0.700. The lowest BCUT2D eigenvalue weighted by atomic mass is 10.4. The Morgan fingerprint density at radius 2 is 1.14 bits per heavy atom. The Morgan fingerprint density at radius 1 is 0.714 bits per heavy atom. The van der Waals surface area contributed by atoms with E-state index in [1.54, 1.807) is 0 Å². The van der Waals surface area contributed by atoms with Crippen LogP contribution in [0.5, 0.6) is 0 Å². The van der Waals surface area contributed by atoms with E-state index in [9.17, 15) is 9.59 Å². The Labute approximate surface area is 168 Å². The molecule has 0 aromatic rings. The van der Waals surface area contributed by atoms with Crippen molar-refractivity contribution in [3.05, 3.63) is 0 Å². The number of alkyl carbamates (subject to hydrolysis) is 2. The molecule has 158 valence electrons. The molecule has 0 rings (SSSR count). The molecule has 8 nitrogen and oxygen atoms in total. The second-order valence-corrected chi connectivity index (χ2v) is 5.54. The van der Waals surface area contributed by atoms with E-state index < -0.39 is 12.2 Å². The number of amides is 2. The maximum atomic E-state index is 11.2. The van der Waals surface area contributed by atoms with Gasteiger partial charge in [-0.05, 0) is 24.7 Å². The third kappa shape index (κ3) is 19.9. The van der Waals surface area contributed by atoms with Crippen LogP contribution in [-0.4, -0.2) is 64.9 Å². The lowest BCUT2D eigenvalue weighted by molar-refractivity contribution is 0.132. The van der Waals surface area contributed by atoms with E-state index in [1.807, 2.05) is 13.8 Å². The van der Waals surface area contributed by atoms with E-state index in [1.165, 1.54) is 0 Å². The van der Waals surface area contributed by atoms with Gasteiger partial charge in [-0.2, -0.15) is 0 Å². The molecule has 0 heterocycles. The Bertz CT molecular complexity index is 482. The first-order valence-corrected chi connectivity index (χ1v) is 9.63. The van der Waals surface area contributed by atoms with Gasteiger partial charge >= 0.3 is 12.2 Å². The zero-order chi connectivity index (χ0) is 20.7. The first-order valence-electron chi connectivity index (χ1n) is 9.63. The Morgan fingerprint density at radius 3 is 1.54 bits per heavy atom. The molecule has 8 heteroatoms. The van der Waals surface area contributed by atoms with Crippen molar-refractivity contribution in [1.29, 1.82) is 0 Å². The second kappa shape index (κ2) is 20.9. The number of hydrogen-bond acceptors (Lipinski definition) is 6. The maximum Gasteiger partial charge on any atom is 0.407 e. The predicted molar refractivity (Wildman–Crippen MR) is 106 cm³/mol. The zero-order valence-electron chi connectivity index (χ0n) is 16.9. The summed E-state index contributed by atoms with van der Waals surface area (Å²) in [4.78, 5) is 22.5. The van der Waals surface area contributed by atoms with E-state index >= 15 is 0 Å². The topological polar surface area (TPSA) is 95.1 Å². The predicted octanol–water partition coefficient (Wildman–Crippen LogP) is 2.08. The third-order valence-electron chi connectivity index (χ3n) is 3.08. The van der Waals surface area contributed by atoms with Gasteiger partial charge in [0, 0.05) is 13.1 Å². The van der Waals surface area contributed by atoms with Crippen LogP contribution in [0.25, 0.3) is 0 Å². The second-order valence-electron chi connectivity index (χ2n) is 5.54. The van der Waals surface area contributed by atoms with Crippen molar-refractivity contribution in [3.8, 4) is 23.7 Å². The molecule has 2 N–H and O–H groups in total. The lowest BCUT2D eigenvalue weighted by Gasteiger charge is -2.05. The quantitative estimate of drug-likeness (QED) is 0.345. The van der Waals surface area contributed by atoms with Crippen LogP contribution in [0.2, 0.25) is 0 Å². The van der Waals surface area contributed by atoms with E-state index in [2.05, 4.69) is 34.3 Å². The Balaban J connectivity index is 3.44. The number of carbonyl (C=O) groups excluding carboxylic acids is 2. The molecule has 0 aliphatic rings. The molecule has 0 unspecified atom stereocenters. The van der Waals surface area contributed by atoms with Gasteiger partial charge in [0.05, 0.1) is 26.4 Å².